The predicted molar refractivity (Wildman–Crippen MR) is 46.9 cm³/mol. The predicted octanol–water partition coefficient (Wildman–Crippen LogP) is 0.548. The number of anilines is 1. The van der Waals surface area contributed by atoms with Crippen LogP contribution in [-0.2, 0) is 11.1 Å². The molecule has 1 atom stereocenters. The summed E-state index contributed by atoms with van der Waals surface area (Å²) in [6, 6.07) is 3.72. The van der Waals surface area contributed by atoms with Crippen LogP contribution in [-0.4, -0.2) is 19.8 Å². The lowest BCUT2D eigenvalue weighted by Gasteiger charge is -2.01. The zero-order chi connectivity index (χ0) is 10.0. The number of hydrogen-bond donors (Lipinski definition) is 3. The Morgan fingerprint density at radius 3 is 2.54 bits per heavy atom. The molecule has 13 heavy (non-hydrogen) atoms. The highest BCUT2D eigenvalue weighted by atomic mass is 32.2. The van der Waals surface area contributed by atoms with Crippen molar-refractivity contribution in [3.05, 3.63) is 23.8 Å². The zero-order valence-electron chi connectivity index (χ0n) is 6.43. The monoisotopic (exact) mass is 201 g/mol. The third kappa shape index (κ3) is 2.04. The van der Waals surface area contributed by atoms with Crippen LogP contribution in [0.15, 0.2) is 23.1 Å². The first-order valence-corrected chi connectivity index (χ1v) is 4.36. The topological polar surface area (TPSA) is 101 Å². The van der Waals surface area contributed by atoms with E-state index in [-0.39, 0.29) is 16.1 Å². The second-order valence-corrected chi connectivity index (χ2v) is 3.25. The summed E-state index contributed by atoms with van der Waals surface area (Å²) in [5.74, 6) is -1.25. The molecule has 0 aromatic heterocycles. The van der Waals surface area contributed by atoms with Crippen LogP contribution in [0.4, 0.5) is 5.69 Å². The number of rotatable bonds is 2. The van der Waals surface area contributed by atoms with Gasteiger partial charge in [0.25, 0.3) is 0 Å². The number of nitrogen functional groups attached to an aromatic ring is 1. The number of benzene rings is 1. The Hall–Kier alpha value is -1.40. The van der Waals surface area contributed by atoms with Crippen molar-refractivity contribution in [2.45, 2.75) is 4.90 Å². The van der Waals surface area contributed by atoms with Crippen molar-refractivity contribution in [1.29, 1.82) is 0 Å². The van der Waals surface area contributed by atoms with E-state index in [1.54, 1.807) is 0 Å². The van der Waals surface area contributed by atoms with Gasteiger partial charge in [0.15, 0.2) is 11.1 Å². The highest BCUT2D eigenvalue weighted by Crippen LogP contribution is 2.16. The Morgan fingerprint density at radius 2 is 2.08 bits per heavy atom. The Kier molecular flexibility index (Phi) is 2.64. The Morgan fingerprint density at radius 1 is 1.46 bits per heavy atom. The normalized spacial score (nSPS) is 12.4. The molecule has 0 saturated carbocycles. The molecule has 0 aliphatic heterocycles. The number of carbonyl (C=O) groups is 1. The van der Waals surface area contributed by atoms with Gasteiger partial charge >= 0.3 is 5.97 Å². The van der Waals surface area contributed by atoms with Gasteiger partial charge in [-0.05, 0) is 18.2 Å². The van der Waals surface area contributed by atoms with Gasteiger partial charge in [-0.3, -0.25) is 0 Å². The van der Waals surface area contributed by atoms with Crippen LogP contribution >= 0.6 is 0 Å². The van der Waals surface area contributed by atoms with Gasteiger partial charge < -0.3 is 15.4 Å². The molecule has 1 aromatic rings. The van der Waals surface area contributed by atoms with Crippen LogP contribution in [0.5, 0.6) is 0 Å². The maximum Gasteiger partial charge on any atom is 0.337 e. The summed E-state index contributed by atoms with van der Waals surface area (Å²) < 4.78 is 19.4. The minimum absolute atomic E-state index is 0.187. The van der Waals surface area contributed by atoms with Crippen LogP contribution in [0.1, 0.15) is 10.4 Å². The summed E-state index contributed by atoms with van der Waals surface area (Å²) in [7, 11) is 0. The van der Waals surface area contributed by atoms with Crippen LogP contribution in [0.3, 0.4) is 0 Å². The largest absolute Gasteiger partial charge is 0.478 e. The molecule has 1 unspecified atom stereocenters. The third-order valence-electron chi connectivity index (χ3n) is 1.42. The molecule has 0 fully saturated rings. The second-order valence-electron chi connectivity index (χ2n) is 2.31. The molecule has 70 valence electrons. The Balaban J connectivity index is 3.35. The van der Waals surface area contributed by atoms with Crippen molar-refractivity contribution in [3.63, 3.8) is 0 Å². The lowest BCUT2D eigenvalue weighted by atomic mass is 10.2. The molecule has 0 heterocycles. The molecule has 6 heteroatoms. The molecule has 1 rings (SSSR count). The van der Waals surface area contributed by atoms with E-state index in [0.29, 0.717) is 0 Å². The SMILES string of the molecule is Nc1ccc(C(=O)O)c(S(=O)O)c1. The van der Waals surface area contributed by atoms with E-state index in [4.69, 9.17) is 15.4 Å². The molecule has 5 nitrogen and oxygen atoms in total. The van der Waals surface area contributed by atoms with Crippen molar-refractivity contribution in [2.24, 2.45) is 0 Å². The van der Waals surface area contributed by atoms with Gasteiger partial charge in [-0.25, -0.2) is 9.00 Å². The molecular weight excluding hydrogens is 194 g/mol. The number of hydrogen-bond acceptors (Lipinski definition) is 3. The van der Waals surface area contributed by atoms with Crippen molar-refractivity contribution in [3.8, 4) is 0 Å². The number of carboxylic acids is 1. The molecule has 0 spiro atoms. The maximum atomic E-state index is 10.7. The summed E-state index contributed by atoms with van der Waals surface area (Å²) in [4.78, 5) is 10.4. The van der Waals surface area contributed by atoms with E-state index < -0.39 is 17.0 Å². The number of carboxylic acid groups (broad SMARTS) is 1. The lowest BCUT2D eigenvalue weighted by Crippen LogP contribution is -2.04. The average molecular weight is 201 g/mol. The summed E-state index contributed by atoms with van der Waals surface area (Å²) in [5.41, 5.74) is 5.37. The van der Waals surface area contributed by atoms with Gasteiger partial charge in [0, 0.05) is 5.69 Å². The van der Waals surface area contributed by atoms with Crippen molar-refractivity contribution in [1.82, 2.24) is 0 Å². The van der Waals surface area contributed by atoms with E-state index in [1.807, 2.05) is 0 Å². The van der Waals surface area contributed by atoms with Crippen LogP contribution in [0.2, 0.25) is 0 Å². The number of aromatic carboxylic acids is 1. The molecule has 0 saturated heterocycles. The average Bonchev–Trinajstić information content (AvgIpc) is 2.03. The fraction of sp³-hybridized carbons (Fsp3) is 0. The smallest absolute Gasteiger partial charge is 0.337 e. The quantitative estimate of drug-likeness (QED) is 0.479. The van der Waals surface area contributed by atoms with Crippen LogP contribution < -0.4 is 5.73 Å². The zero-order valence-corrected chi connectivity index (χ0v) is 7.25. The fourth-order valence-corrected chi connectivity index (χ4v) is 1.44. The standard InChI is InChI=1S/C7H7NO4S/c8-4-1-2-5(7(9)10)6(3-4)13(11)12/h1-3H,8H2,(H,9,10)(H,11,12). The third-order valence-corrected chi connectivity index (χ3v) is 2.14. The van der Waals surface area contributed by atoms with Gasteiger partial charge in [0.1, 0.15) is 0 Å². The molecule has 4 N–H and O–H groups in total. The van der Waals surface area contributed by atoms with Crippen LogP contribution in [0.25, 0.3) is 0 Å². The molecular formula is C7H7NO4S. The molecule has 0 aliphatic rings. The van der Waals surface area contributed by atoms with Crippen molar-refractivity contribution in [2.75, 3.05) is 5.73 Å². The second kappa shape index (κ2) is 3.55. The van der Waals surface area contributed by atoms with Gasteiger partial charge in [-0.2, -0.15) is 0 Å². The Bertz CT molecular complexity index is 377. The van der Waals surface area contributed by atoms with Gasteiger partial charge in [0.2, 0.25) is 0 Å². The molecule has 0 bridgehead atoms. The molecule has 0 amide bonds. The molecule has 0 radical (unpaired) electrons. The van der Waals surface area contributed by atoms with E-state index in [1.165, 1.54) is 18.2 Å². The van der Waals surface area contributed by atoms with Gasteiger partial charge in [-0.1, -0.05) is 0 Å². The maximum absolute atomic E-state index is 10.7. The first kappa shape index (κ1) is 9.69. The van der Waals surface area contributed by atoms with Gasteiger partial charge in [-0.15, -0.1) is 0 Å². The highest BCUT2D eigenvalue weighted by molar-refractivity contribution is 7.79. The summed E-state index contributed by atoms with van der Waals surface area (Å²) >= 11 is -2.33. The summed E-state index contributed by atoms with van der Waals surface area (Å²) in [6.45, 7) is 0. The van der Waals surface area contributed by atoms with E-state index in [0.717, 1.165) is 0 Å². The first-order valence-electron chi connectivity index (χ1n) is 3.26. The van der Waals surface area contributed by atoms with Crippen molar-refractivity contribution >= 4 is 22.7 Å². The van der Waals surface area contributed by atoms with E-state index >= 15 is 0 Å². The number of nitrogens with two attached hydrogens (primary N) is 1. The van der Waals surface area contributed by atoms with Crippen molar-refractivity contribution < 1.29 is 18.7 Å². The Labute approximate surface area is 76.5 Å². The highest BCUT2D eigenvalue weighted by Gasteiger charge is 2.13. The first-order chi connectivity index (χ1) is 6.02. The summed E-state index contributed by atoms with van der Waals surface area (Å²) in [6.07, 6.45) is 0. The van der Waals surface area contributed by atoms with Gasteiger partial charge in [0.05, 0.1) is 10.5 Å². The van der Waals surface area contributed by atoms with E-state index in [9.17, 15) is 9.00 Å². The van der Waals surface area contributed by atoms with E-state index in [2.05, 4.69) is 0 Å². The summed E-state index contributed by atoms with van der Waals surface area (Å²) in [5, 5.41) is 8.62. The lowest BCUT2D eigenvalue weighted by molar-refractivity contribution is 0.0692. The molecule has 0 aliphatic carbocycles. The molecule has 1 aromatic carbocycles. The fourth-order valence-electron chi connectivity index (χ4n) is 0.860. The van der Waals surface area contributed by atoms with Crippen LogP contribution in [0, 0.1) is 0 Å². The minimum atomic E-state index is -2.33. The minimum Gasteiger partial charge on any atom is -0.478 e.